The lowest BCUT2D eigenvalue weighted by molar-refractivity contribution is -0.116. The first-order valence-corrected chi connectivity index (χ1v) is 10.9. The van der Waals surface area contributed by atoms with Crippen LogP contribution in [0, 0.1) is 0 Å². The fraction of sp³-hybridized carbons (Fsp3) is 0.391. The van der Waals surface area contributed by atoms with Gasteiger partial charge < -0.3 is 25.0 Å². The van der Waals surface area contributed by atoms with Gasteiger partial charge in [0.05, 0.1) is 11.3 Å². The van der Waals surface area contributed by atoms with Crippen LogP contribution >= 0.6 is 11.6 Å². The molecule has 164 valence electrons. The predicted molar refractivity (Wildman–Crippen MR) is 119 cm³/mol. The van der Waals surface area contributed by atoms with Gasteiger partial charge in [-0.05, 0) is 61.8 Å². The van der Waals surface area contributed by atoms with Crippen molar-refractivity contribution in [1.29, 1.82) is 0 Å². The maximum atomic E-state index is 12.8. The first-order chi connectivity index (χ1) is 15.1. The Morgan fingerprint density at radius 1 is 1.00 bits per heavy atom. The van der Waals surface area contributed by atoms with Gasteiger partial charge in [-0.1, -0.05) is 24.1 Å². The van der Waals surface area contributed by atoms with E-state index >= 15 is 0 Å². The van der Waals surface area contributed by atoms with E-state index < -0.39 is 0 Å². The molecule has 2 aliphatic rings. The van der Waals surface area contributed by atoms with Gasteiger partial charge in [0.1, 0.15) is 0 Å². The SMILES string of the molecule is O=C(CCN1CCCCC1)Nc1ccc(Cl)cc1C(=O)NCc1ccc2c(c1)OCO2. The highest BCUT2D eigenvalue weighted by Crippen LogP contribution is 2.32. The summed E-state index contributed by atoms with van der Waals surface area (Å²) in [4.78, 5) is 27.6. The second-order valence-electron chi connectivity index (χ2n) is 7.76. The summed E-state index contributed by atoms with van der Waals surface area (Å²) in [6, 6.07) is 10.4. The number of amides is 2. The lowest BCUT2D eigenvalue weighted by Gasteiger charge is -2.26. The molecule has 0 unspecified atom stereocenters. The quantitative estimate of drug-likeness (QED) is 0.680. The summed E-state index contributed by atoms with van der Waals surface area (Å²) in [6.07, 6.45) is 4.03. The summed E-state index contributed by atoms with van der Waals surface area (Å²) in [6.45, 7) is 3.33. The van der Waals surface area contributed by atoms with E-state index in [0.29, 0.717) is 40.7 Å². The molecule has 0 spiro atoms. The molecule has 0 saturated carbocycles. The number of likely N-dealkylation sites (tertiary alicyclic amines) is 1. The summed E-state index contributed by atoms with van der Waals surface area (Å²) < 4.78 is 10.7. The molecule has 4 rings (SSSR count). The summed E-state index contributed by atoms with van der Waals surface area (Å²) in [5.41, 5.74) is 1.67. The van der Waals surface area contributed by atoms with Crippen molar-refractivity contribution < 1.29 is 19.1 Å². The zero-order valence-corrected chi connectivity index (χ0v) is 18.0. The molecule has 2 aromatic rings. The van der Waals surface area contributed by atoms with E-state index in [1.54, 1.807) is 18.2 Å². The number of carbonyl (C=O) groups is 2. The molecule has 2 N–H and O–H groups in total. The molecule has 2 amide bonds. The average Bonchev–Trinajstić information content (AvgIpc) is 3.26. The van der Waals surface area contributed by atoms with E-state index in [4.69, 9.17) is 21.1 Å². The number of hydrogen-bond donors (Lipinski definition) is 2. The van der Waals surface area contributed by atoms with E-state index in [1.165, 1.54) is 19.3 Å². The Morgan fingerprint density at radius 3 is 2.65 bits per heavy atom. The molecule has 1 fully saturated rings. The number of benzene rings is 2. The van der Waals surface area contributed by atoms with Crippen LogP contribution in [0.1, 0.15) is 41.6 Å². The number of ether oxygens (including phenoxy) is 2. The molecule has 0 bridgehead atoms. The van der Waals surface area contributed by atoms with Gasteiger partial charge in [0, 0.05) is 24.5 Å². The van der Waals surface area contributed by atoms with Crippen molar-refractivity contribution in [3.8, 4) is 11.5 Å². The topological polar surface area (TPSA) is 79.9 Å². The van der Waals surface area contributed by atoms with Crippen LogP contribution in [-0.2, 0) is 11.3 Å². The summed E-state index contributed by atoms with van der Waals surface area (Å²) in [7, 11) is 0. The van der Waals surface area contributed by atoms with Crippen LogP contribution in [0.4, 0.5) is 5.69 Å². The molecule has 0 atom stereocenters. The van der Waals surface area contributed by atoms with Crippen molar-refractivity contribution in [2.24, 2.45) is 0 Å². The number of nitrogens with one attached hydrogen (secondary N) is 2. The monoisotopic (exact) mass is 443 g/mol. The molecule has 7 nitrogen and oxygen atoms in total. The van der Waals surface area contributed by atoms with Gasteiger partial charge in [0.2, 0.25) is 12.7 Å². The van der Waals surface area contributed by atoms with Crippen LogP contribution < -0.4 is 20.1 Å². The van der Waals surface area contributed by atoms with Crippen molar-refractivity contribution in [2.45, 2.75) is 32.2 Å². The third kappa shape index (κ3) is 5.68. The zero-order chi connectivity index (χ0) is 21.6. The van der Waals surface area contributed by atoms with E-state index in [1.807, 2.05) is 18.2 Å². The molecular weight excluding hydrogens is 418 g/mol. The highest BCUT2D eigenvalue weighted by molar-refractivity contribution is 6.31. The van der Waals surface area contributed by atoms with Gasteiger partial charge in [-0.2, -0.15) is 0 Å². The highest BCUT2D eigenvalue weighted by Gasteiger charge is 2.17. The van der Waals surface area contributed by atoms with Crippen molar-refractivity contribution in [3.63, 3.8) is 0 Å². The Kier molecular flexibility index (Phi) is 6.94. The first-order valence-electron chi connectivity index (χ1n) is 10.6. The number of hydrogen-bond acceptors (Lipinski definition) is 5. The van der Waals surface area contributed by atoms with Crippen LogP contribution in [0.5, 0.6) is 11.5 Å². The van der Waals surface area contributed by atoms with Crippen molar-refractivity contribution >= 4 is 29.1 Å². The highest BCUT2D eigenvalue weighted by atomic mass is 35.5. The summed E-state index contributed by atoms with van der Waals surface area (Å²) >= 11 is 6.11. The minimum atomic E-state index is -0.313. The van der Waals surface area contributed by atoms with Crippen molar-refractivity contribution in [2.75, 3.05) is 31.7 Å². The van der Waals surface area contributed by atoms with Crippen LogP contribution in [0.3, 0.4) is 0 Å². The maximum absolute atomic E-state index is 12.8. The number of fused-ring (bicyclic) bond motifs is 1. The van der Waals surface area contributed by atoms with E-state index in [9.17, 15) is 9.59 Å². The molecular formula is C23H26ClN3O4. The fourth-order valence-corrected chi connectivity index (χ4v) is 3.97. The predicted octanol–water partition coefficient (Wildman–Crippen LogP) is 3.81. The molecule has 8 heteroatoms. The molecule has 2 aliphatic heterocycles. The second-order valence-corrected chi connectivity index (χ2v) is 8.20. The number of halogens is 1. The first kappa shape index (κ1) is 21.5. The molecule has 2 heterocycles. The minimum absolute atomic E-state index is 0.113. The fourth-order valence-electron chi connectivity index (χ4n) is 3.80. The molecule has 0 radical (unpaired) electrons. The van der Waals surface area contributed by atoms with Gasteiger partial charge >= 0.3 is 0 Å². The van der Waals surface area contributed by atoms with Gasteiger partial charge in [-0.15, -0.1) is 0 Å². The van der Waals surface area contributed by atoms with Crippen molar-refractivity contribution in [3.05, 3.63) is 52.5 Å². The lowest BCUT2D eigenvalue weighted by Crippen LogP contribution is -2.32. The van der Waals surface area contributed by atoms with Crippen LogP contribution in [0.2, 0.25) is 5.02 Å². The number of carbonyl (C=O) groups excluding carboxylic acids is 2. The number of nitrogens with zero attached hydrogens (tertiary/aromatic N) is 1. The number of piperidine rings is 1. The second kappa shape index (κ2) is 10.0. The Hall–Kier alpha value is -2.77. The van der Waals surface area contributed by atoms with Crippen LogP contribution in [-0.4, -0.2) is 43.1 Å². The molecule has 0 aromatic heterocycles. The Morgan fingerprint density at radius 2 is 1.81 bits per heavy atom. The Bertz CT molecular complexity index is 960. The van der Waals surface area contributed by atoms with E-state index in [0.717, 1.165) is 25.2 Å². The van der Waals surface area contributed by atoms with Crippen LogP contribution in [0.15, 0.2) is 36.4 Å². The van der Waals surface area contributed by atoms with Gasteiger partial charge in [-0.25, -0.2) is 0 Å². The molecule has 31 heavy (non-hydrogen) atoms. The molecule has 2 aromatic carbocycles. The Labute approximate surface area is 186 Å². The zero-order valence-electron chi connectivity index (χ0n) is 17.3. The normalized spacial score (nSPS) is 15.5. The standard InChI is InChI=1S/C23H26ClN3O4/c24-17-5-6-19(26-22(28)8-11-27-9-2-1-3-10-27)18(13-17)23(29)25-14-16-4-7-20-21(12-16)31-15-30-20/h4-7,12-13H,1-3,8-11,14-15H2,(H,25,29)(H,26,28). The number of rotatable bonds is 7. The van der Waals surface area contributed by atoms with Crippen LogP contribution in [0.25, 0.3) is 0 Å². The van der Waals surface area contributed by atoms with Gasteiger partial charge in [0.15, 0.2) is 11.5 Å². The third-order valence-corrected chi connectivity index (χ3v) is 5.73. The summed E-state index contributed by atoms with van der Waals surface area (Å²) in [5, 5.41) is 6.18. The molecule has 1 saturated heterocycles. The van der Waals surface area contributed by atoms with E-state index in [2.05, 4.69) is 15.5 Å². The lowest BCUT2D eigenvalue weighted by atomic mass is 10.1. The van der Waals surface area contributed by atoms with Gasteiger partial charge in [0.25, 0.3) is 5.91 Å². The Balaban J connectivity index is 1.36. The van der Waals surface area contributed by atoms with E-state index in [-0.39, 0.29) is 18.6 Å². The van der Waals surface area contributed by atoms with Crippen molar-refractivity contribution in [1.82, 2.24) is 10.2 Å². The summed E-state index contributed by atoms with van der Waals surface area (Å²) in [5.74, 6) is 0.930. The largest absolute Gasteiger partial charge is 0.454 e. The number of anilines is 1. The van der Waals surface area contributed by atoms with Gasteiger partial charge in [-0.3, -0.25) is 9.59 Å². The average molecular weight is 444 g/mol. The smallest absolute Gasteiger partial charge is 0.253 e. The maximum Gasteiger partial charge on any atom is 0.253 e. The molecule has 0 aliphatic carbocycles. The minimum Gasteiger partial charge on any atom is -0.454 e. The third-order valence-electron chi connectivity index (χ3n) is 5.49.